The molecule has 0 aliphatic heterocycles. The maximum atomic E-state index is 6.39. The van der Waals surface area contributed by atoms with Gasteiger partial charge in [-0.1, -0.05) is 129 Å². The van der Waals surface area contributed by atoms with E-state index in [1.54, 1.807) is 0 Å². The second-order valence-electron chi connectivity index (χ2n) is 15.0. The molecule has 10 aromatic rings. The van der Waals surface area contributed by atoms with Gasteiger partial charge in [0.2, 0.25) is 5.95 Å². The first-order valence-electron chi connectivity index (χ1n) is 18.8. The van der Waals surface area contributed by atoms with E-state index in [1.165, 1.54) is 33.2 Å². The van der Waals surface area contributed by atoms with Crippen LogP contribution < -0.4 is 4.90 Å². The zero-order chi connectivity index (χ0) is 36.7. The maximum absolute atomic E-state index is 6.39. The van der Waals surface area contributed by atoms with Gasteiger partial charge in [0.05, 0.1) is 11.2 Å². The van der Waals surface area contributed by atoms with Crippen LogP contribution in [0.15, 0.2) is 180 Å². The molecule has 2 heterocycles. The molecular formula is C51H35N3O. The predicted octanol–water partition coefficient (Wildman–Crippen LogP) is 13.8. The molecule has 0 bridgehead atoms. The fraction of sp³-hybridized carbons (Fsp3) is 0.0588. The molecule has 0 amide bonds. The minimum absolute atomic E-state index is 0.158. The molecule has 0 fully saturated rings. The summed E-state index contributed by atoms with van der Waals surface area (Å²) >= 11 is 0. The molecule has 1 aliphatic rings. The second kappa shape index (κ2) is 12.0. The molecule has 0 spiro atoms. The lowest BCUT2D eigenvalue weighted by Crippen LogP contribution is -2.17. The summed E-state index contributed by atoms with van der Waals surface area (Å²) in [7, 11) is 0. The number of aromatic nitrogens is 2. The van der Waals surface area contributed by atoms with E-state index in [0.29, 0.717) is 5.95 Å². The molecule has 11 rings (SSSR count). The van der Waals surface area contributed by atoms with E-state index < -0.39 is 0 Å². The highest BCUT2D eigenvalue weighted by Gasteiger charge is 2.36. The molecule has 0 radical (unpaired) electrons. The molecule has 2 aromatic heterocycles. The zero-order valence-corrected chi connectivity index (χ0v) is 30.5. The van der Waals surface area contributed by atoms with E-state index in [2.05, 4.69) is 195 Å². The highest BCUT2D eigenvalue weighted by molar-refractivity contribution is 6.11. The summed E-state index contributed by atoms with van der Waals surface area (Å²) < 4.78 is 6.39. The average molecular weight is 706 g/mol. The van der Waals surface area contributed by atoms with Crippen LogP contribution in [-0.2, 0) is 5.41 Å². The van der Waals surface area contributed by atoms with Gasteiger partial charge in [-0.15, -0.1) is 0 Å². The first-order chi connectivity index (χ1) is 27.0. The number of rotatable bonds is 5. The van der Waals surface area contributed by atoms with E-state index in [0.717, 1.165) is 66.4 Å². The number of furan rings is 1. The molecule has 8 aromatic carbocycles. The largest absolute Gasteiger partial charge is 0.456 e. The summed E-state index contributed by atoms with van der Waals surface area (Å²) in [6.07, 6.45) is 0. The number of nitrogens with zero attached hydrogens (tertiary/aromatic N) is 3. The molecule has 0 atom stereocenters. The van der Waals surface area contributed by atoms with Gasteiger partial charge in [-0.2, -0.15) is 0 Å². The van der Waals surface area contributed by atoms with Gasteiger partial charge in [-0.3, -0.25) is 4.90 Å². The molecule has 55 heavy (non-hydrogen) atoms. The molecule has 4 nitrogen and oxygen atoms in total. The van der Waals surface area contributed by atoms with Crippen LogP contribution in [0.3, 0.4) is 0 Å². The summed E-state index contributed by atoms with van der Waals surface area (Å²) in [5.41, 5.74) is 13.9. The second-order valence-corrected chi connectivity index (χ2v) is 15.0. The van der Waals surface area contributed by atoms with Crippen LogP contribution in [0, 0.1) is 0 Å². The van der Waals surface area contributed by atoms with Crippen molar-refractivity contribution in [2.24, 2.45) is 0 Å². The van der Waals surface area contributed by atoms with E-state index in [9.17, 15) is 0 Å². The van der Waals surface area contributed by atoms with Crippen molar-refractivity contribution in [3.8, 4) is 33.5 Å². The van der Waals surface area contributed by atoms with Gasteiger partial charge < -0.3 is 4.42 Å². The van der Waals surface area contributed by atoms with Gasteiger partial charge in [0.15, 0.2) is 0 Å². The maximum Gasteiger partial charge on any atom is 0.235 e. The molecule has 0 saturated heterocycles. The Kier molecular flexibility index (Phi) is 6.86. The van der Waals surface area contributed by atoms with Gasteiger partial charge in [0.1, 0.15) is 11.2 Å². The third-order valence-electron chi connectivity index (χ3n) is 11.5. The Morgan fingerprint density at radius 1 is 0.455 bits per heavy atom. The monoisotopic (exact) mass is 705 g/mol. The number of hydrogen-bond acceptors (Lipinski definition) is 4. The fourth-order valence-corrected chi connectivity index (χ4v) is 8.64. The Hall–Kier alpha value is -7.04. The van der Waals surface area contributed by atoms with Crippen molar-refractivity contribution in [1.29, 1.82) is 0 Å². The van der Waals surface area contributed by atoms with Crippen LogP contribution in [0.1, 0.15) is 25.0 Å². The third-order valence-corrected chi connectivity index (χ3v) is 11.5. The highest BCUT2D eigenvalue weighted by atomic mass is 16.3. The number of anilines is 3. The van der Waals surface area contributed by atoms with Crippen LogP contribution in [0.4, 0.5) is 17.3 Å². The molecule has 0 N–H and O–H groups in total. The van der Waals surface area contributed by atoms with Crippen molar-refractivity contribution in [2.45, 2.75) is 19.3 Å². The van der Waals surface area contributed by atoms with Crippen LogP contribution in [0.5, 0.6) is 0 Å². The first-order valence-corrected chi connectivity index (χ1v) is 18.8. The number of para-hydroxylation sites is 1. The Morgan fingerprint density at radius 2 is 1.11 bits per heavy atom. The Bertz CT molecular complexity index is 3120. The lowest BCUT2D eigenvalue weighted by molar-refractivity contribution is 0.660. The van der Waals surface area contributed by atoms with Crippen LogP contribution in [0.25, 0.3) is 77.1 Å². The Balaban J connectivity index is 1.12. The van der Waals surface area contributed by atoms with E-state index in [1.807, 2.05) is 0 Å². The van der Waals surface area contributed by atoms with Gasteiger partial charge in [-0.25, -0.2) is 9.97 Å². The third kappa shape index (κ3) is 4.99. The van der Waals surface area contributed by atoms with Crippen LogP contribution in [0.2, 0.25) is 0 Å². The summed E-state index contributed by atoms with van der Waals surface area (Å²) in [5, 5.41) is 5.50. The van der Waals surface area contributed by atoms with Crippen molar-refractivity contribution < 1.29 is 4.42 Å². The number of hydrogen-bond donors (Lipinski definition) is 0. The van der Waals surface area contributed by atoms with Crippen molar-refractivity contribution in [3.63, 3.8) is 0 Å². The number of benzene rings is 8. The summed E-state index contributed by atoms with van der Waals surface area (Å²) in [4.78, 5) is 13.0. The average Bonchev–Trinajstić information content (AvgIpc) is 3.70. The SMILES string of the molecule is CC1(C)c2ccccc2-c2ccc(N(c3ccc(-c4ccccc4)cc3)c3nc(-c4ccc5oc6cc7ccccc7cc6c5c4)c4ccccc4n3)cc21. The smallest absolute Gasteiger partial charge is 0.235 e. The summed E-state index contributed by atoms with van der Waals surface area (Å²) in [6, 6.07) is 62.4. The molecule has 260 valence electrons. The minimum atomic E-state index is -0.158. The zero-order valence-electron chi connectivity index (χ0n) is 30.5. The highest BCUT2D eigenvalue weighted by Crippen LogP contribution is 2.50. The van der Waals surface area contributed by atoms with Crippen molar-refractivity contribution in [2.75, 3.05) is 4.90 Å². The summed E-state index contributed by atoms with van der Waals surface area (Å²) in [5.74, 6) is 0.609. The van der Waals surface area contributed by atoms with Crippen molar-refractivity contribution in [1.82, 2.24) is 9.97 Å². The van der Waals surface area contributed by atoms with Gasteiger partial charge in [-0.05, 0) is 105 Å². The van der Waals surface area contributed by atoms with Crippen LogP contribution >= 0.6 is 0 Å². The molecule has 0 unspecified atom stereocenters. The van der Waals surface area contributed by atoms with Crippen molar-refractivity contribution >= 4 is 60.9 Å². The standard InChI is InChI=1S/C51H35N3O/c1-51(2)44-18-10-8-16-39(44)40-26-25-38(31-45(40)51)54(37-23-20-33(21-24-37)32-12-4-3-5-13-32)50-52-46-19-11-9-17-41(46)49(53-50)36-22-27-47-42(29-36)43-28-34-14-6-7-15-35(34)30-48(43)55-47/h3-31H,1-2H3. The summed E-state index contributed by atoms with van der Waals surface area (Å²) in [6.45, 7) is 4.65. The molecular weight excluding hydrogens is 671 g/mol. The normalized spacial score (nSPS) is 13.1. The predicted molar refractivity (Wildman–Crippen MR) is 227 cm³/mol. The molecule has 1 aliphatic carbocycles. The topological polar surface area (TPSA) is 42.2 Å². The first kappa shape index (κ1) is 31.5. The lowest BCUT2D eigenvalue weighted by Gasteiger charge is -2.27. The lowest BCUT2D eigenvalue weighted by atomic mass is 9.82. The molecule has 4 heteroatoms. The van der Waals surface area contributed by atoms with Gasteiger partial charge in [0, 0.05) is 38.5 Å². The molecule has 0 saturated carbocycles. The van der Waals surface area contributed by atoms with Crippen LogP contribution in [-0.4, -0.2) is 9.97 Å². The number of fused-ring (bicyclic) bond motifs is 8. The Morgan fingerprint density at radius 3 is 1.96 bits per heavy atom. The Labute approximate surface area is 319 Å². The fourth-order valence-electron chi connectivity index (χ4n) is 8.64. The van der Waals surface area contributed by atoms with Gasteiger partial charge >= 0.3 is 0 Å². The van der Waals surface area contributed by atoms with E-state index in [-0.39, 0.29) is 5.41 Å². The van der Waals surface area contributed by atoms with Gasteiger partial charge in [0.25, 0.3) is 0 Å². The van der Waals surface area contributed by atoms with Crippen molar-refractivity contribution in [3.05, 3.63) is 187 Å². The van der Waals surface area contributed by atoms with E-state index >= 15 is 0 Å². The minimum Gasteiger partial charge on any atom is -0.456 e. The van der Waals surface area contributed by atoms with E-state index in [4.69, 9.17) is 14.4 Å². The quantitative estimate of drug-likeness (QED) is 0.179.